The van der Waals surface area contributed by atoms with Crippen LogP contribution in [0.2, 0.25) is 5.02 Å². The van der Waals surface area contributed by atoms with Gasteiger partial charge in [-0.3, -0.25) is 9.78 Å². The molecule has 0 amide bonds. The van der Waals surface area contributed by atoms with E-state index in [1.165, 1.54) is 0 Å². The van der Waals surface area contributed by atoms with Crippen molar-refractivity contribution in [2.75, 3.05) is 0 Å². The number of benzene rings is 1. The van der Waals surface area contributed by atoms with E-state index in [-0.39, 0.29) is 5.78 Å². The second kappa shape index (κ2) is 6.34. The van der Waals surface area contributed by atoms with Gasteiger partial charge in [-0.05, 0) is 30.3 Å². The molecule has 0 atom stereocenters. The van der Waals surface area contributed by atoms with Gasteiger partial charge in [-0.25, -0.2) is 0 Å². The minimum absolute atomic E-state index is 0.128. The van der Waals surface area contributed by atoms with Gasteiger partial charge in [0.2, 0.25) is 0 Å². The summed E-state index contributed by atoms with van der Waals surface area (Å²) in [6.45, 7) is 2.22. The zero-order chi connectivity index (χ0) is 13.7. The van der Waals surface area contributed by atoms with E-state index in [1.807, 2.05) is 13.0 Å². The molecular formula is C15H14ClNO2. The summed E-state index contributed by atoms with van der Waals surface area (Å²) in [5.74, 6) is 0.837. The predicted molar refractivity (Wildman–Crippen MR) is 74.6 cm³/mol. The molecule has 19 heavy (non-hydrogen) atoms. The van der Waals surface area contributed by atoms with Crippen molar-refractivity contribution in [2.24, 2.45) is 0 Å². The van der Waals surface area contributed by atoms with Crippen LogP contribution in [-0.2, 0) is 6.61 Å². The summed E-state index contributed by atoms with van der Waals surface area (Å²) in [7, 11) is 0. The Morgan fingerprint density at radius 2 is 2.00 bits per heavy atom. The van der Waals surface area contributed by atoms with Gasteiger partial charge in [-0.1, -0.05) is 18.5 Å². The van der Waals surface area contributed by atoms with Gasteiger partial charge in [0.15, 0.2) is 5.78 Å². The highest BCUT2D eigenvalue weighted by molar-refractivity contribution is 6.31. The van der Waals surface area contributed by atoms with E-state index in [4.69, 9.17) is 16.3 Å². The summed E-state index contributed by atoms with van der Waals surface area (Å²) in [5, 5.41) is 0.584. The Balaban J connectivity index is 2.01. The van der Waals surface area contributed by atoms with Crippen LogP contribution in [0.4, 0.5) is 0 Å². The SMILES string of the molecule is CCC(=O)c1ccc(OCc2ccncc2Cl)cc1. The fraction of sp³-hybridized carbons (Fsp3) is 0.200. The molecule has 1 aromatic heterocycles. The van der Waals surface area contributed by atoms with Gasteiger partial charge in [0.25, 0.3) is 0 Å². The Morgan fingerprint density at radius 1 is 1.26 bits per heavy atom. The first-order valence-electron chi connectivity index (χ1n) is 6.05. The average molecular weight is 276 g/mol. The van der Waals surface area contributed by atoms with E-state index < -0.39 is 0 Å². The lowest BCUT2D eigenvalue weighted by Gasteiger charge is -2.07. The summed E-state index contributed by atoms with van der Waals surface area (Å²) in [6.07, 6.45) is 3.77. The largest absolute Gasteiger partial charge is 0.489 e. The maximum absolute atomic E-state index is 11.5. The molecule has 2 aromatic rings. The normalized spacial score (nSPS) is 10.2. The number of ether oxygens (including phenoxy) is 1. The van der Waals surface area contributed by atoms with E-state index >= 15 is 0 Å². The minimum atomic E-state index is 0.128. The predicted octanol–water partition coefficient (Wildman–Crippen LogP) is 3.91. The van der Waals surface area contributed by atoms with Gasteiger partial charge in [-0.2, -0.15) is 0 Å². The first-order chi connectivity index (χ1) is 9.20. The van der Waals surface area contributed by atoms with Crippen LogP contribution in [-0.4, -0.2) is 10.8 Å². The van der Waals surface area contributed by atoms with Crippen molar-refractivity contribution in [1.29, 1.82) is 0 Å². The number of hydrogen-bond acceptors (Lipinski definition) is 3. The maximum Gasteiger partial charge on any atom is 0.162 e. The summed E-state index contributed by atoms with van der Waals surface area (Å²) >= 11 is 5.99. The minimum Gasteiger partial charge on any atom is -0.489 e. The van der Waals surface area contributed by atoms with Crippen molar-refractivity contribution in [3.63, 3.8) is 0 Å². The Morgan fingerprint density at radius 3 is 2.63 bits per heavy atom. The molecule has 0 bridgehead atoms. The molecule has 1 aromatic carbocycles. The molecule has 0 N–H and O–H groups in total. The molecule has 0 aliphatic rings. The number of rotatable bonds is 5. The summed E-state index contributed by atoms with van der Waals surface area (Å²) in [4.78, 5) is 15.4. The number of ketones is 1. The van der Waals surface area contributed by atoms with Crippen LogP contribution in [0.1, 0.15) is 29.3 Å². The lowest BCUT2D eigenvalue weighted by atomic mass is 10.1. The fourth-order valence-corrected chi connectivity index (χ4v) is 1.80. The first kappa shape index (κ1) is 13.6. The molecule has 4 heteroatoms. The number of carbonyl (C=O) groups is 1. The Bertz CT molecular complexity index is 567. The number of halogens is 1. The van der Waals surface area contributed by atoms with Gasteiger partial charge in [0.05, 0.1) is 5.02 Å². The molecule has 0 spiro atoms. The third kappa shape index (κ3) is 3.55. The maximum atomic E-state index is 11.5. The van der Waals surface area contributed by atoms with Crippen LogP contribution < -0.4 is 4.74 Å². The smallest absolute Gasteiger partial charge is 0.162 e. The van der Waals surface area contributed by atoms with Crippen LogP contribution in [0, 0.1) is 0 Å². The van der Waals surface area contributed by atoms with Crippen molar-refractivity contribution < 1.29 is 9.53 Å². The lowest BCUT2D eigenvalue weighted by molar-refractivity contribution is 0.0988. The zero-order valence-corrected chi connectivity index (χ0v) is 11.4. The number of aromatic nitrogens is 1. The lowest BCUT2D eigenvalue weighted by Crippen LogP contribution is -1.98. The topological polar surface area (TPSA) is 39.2 Å². The third-order valence-corrected chi connectivity index (χ3v) is 3.09. The second-order valence-electron chi connectivity index (χ2n) is 4.06. The highest BCUT2D eigenvalue weighted by Crippen LogP contribution is 2.18. The molecular weight excluding hydrogens is 262 g/mol. The van der Waals surface area contributed by atoms with E-state index in [2.05, 4.69) is 4.98 Å². The van der Waals surface area contributed by atoms with Gasteiger partial charge < -0.3 is 4.74 Å². The zero-order valence-electron chi connectivity index (χ0n) is 10.6. The highest BCUT2D eigenvalue weighted by atomic mass is 35.5. The number of carbonyl (C=O) groups excluding carboxylic acids is 1. The van der Waals surface area contributed by atoms with E-state index in [1.54, 1.807) is 36.7 Å². The van der Waals surface area contributed by atoms with Crippen LogP contribution in [0.25, 0.3) is 0 Å². The van der Waals surface area contributed by atoms with Gasteiger partial charge in [0, 0.05) is 29.9 Å². The molecule has 0 radical (unpaired) electrons. The molecule has 2 rings (SSSR count). The van der Waals surface area contributed by atoms with Crippen molar-refractivity contribution in [1.82, 2.24) is 4.98 Å². The van der Waals surface area contributed by atoms with Crippen molar-refractivity contribution >= 4 is 17.4 Å². The van der Waals surface area contributed by atoms with Gasteiger partial charge >= 0.3 is 0 Å². The average Bonchev–Trinajstić information content (AvgIpc) is 2.46. The summed E-state index contributed by atoms with van der Waals surface area (Å²) in [5.41, 5.74) is 1.59. The van der Waals surface area contributed by atoms with Gasteiger partial charge in [-0.15, -0.1) is 0 Å². The monoisotopic (exact) mass is 275 g/mol. The third-order valence-electron chi connectivity index (χ3n) is 2.75. The number of pyridine rings is 1. The van der Waals surface area contributed by atoms with Crippen LogP contribution in [0.3, 0.4) is 0 Å². The van der Waals surface area contributed by atoms with Crippen molar-refractivity contribution in [3.8, 4) is 5.75 Å². The van der Waals surface area contributed by atoms with Crippen LogP contribution in [0.5, 0.6) is 5.75 Å². The first-order valence-corrected chi connectivity index (χ1v) is 6.43. The van der Waals surface area contributed by atoms with Crippen LogP contribution in [0.15, 0.2) is 42.7 Å². The standard InChI is InChI=1S/C15H14ClNO2/c1-2-15(18)11-3-5-13(6-4-11)19-10-12-7-8-17-9-14(12)16/h3-9H,2,10H2,1H3. The molecule has 1 heterocycles. The molecule has 0 aliphatic heterocycles. The van der Waals surface area contributed by atoms with Crippen LogP contribution >= 0.6 is 11.6 Å². The molecule has 0 saturated carbocycles. The van der Waals surface area contributed by atoms with E-state index in [9.17, 15) is 4.79 Å². The van der Waals surface area contributed by atoms with Crippen molar-refractivity contribution in [3.05, 3.63) is 58.9 Å². The Hall–Kier alpha value is -1.87. The molecule has 3 nitrogen and oxygen atoms in total. The van der Waals surface area contributed by atoms with E-state index in [0.717, 1.165) is 5.56 Å². The summed E-state index contributed by atoms with van der Waals surface area (Å²) in [6, 6.07) is 8.94. The number of Topliss-reactive ketones (excluding diaryl/α,β-unsaturated/α-hetero) is 1. The Labute approximate surface area is 117 Å². The fourth-order valence-electron chi connectivity index (χ4n) is 1.62. The number of hydrogen-bond donors (Lipinski definition) is 0. The number of nitrogens with zero attached hydrogens (tertiary/aromatic N) is 1. The van der Waals surface area contributed by atoms with E-state index in [0.29, 0.717) is 29.4 Å². The molecule has 0 unspecified atom stereocenters. The quantitative estimate of drug-likeness (QED) is 0.777. The molecule has 0 aliphatic carbocycles. The second-order valence-corrected chi connectivity index (χ2v) is 4.46. The molecule has 0 fully saturated rings. The Kier molecular flexibility index (Phi) is 4.53. The van der Waals surface area contributed by atoms with Gasteiger partial charge in [0.1, 0.15) is 12.4 Å². The summed E-state index contributed by atoms with van der Waals surface area (Å²) < 4.78 is 5.62. The molecule has 0 saturated heterocycles. The highest BCUT2D eigenvalue weighted by Gasteiger charge is 2.04. The molecule has 98 valence electrons. The van der Waals surface area contributed by atoms with Crippen molar-refractivity contribution in [2.45, 2.75) is 20.0 Å².